The fourth-order valence-corrected chi connectivity index (χ4v) is 2.34. The number of anilines is 1. The molecule has 0 bridgehead atoms. The van der Waals surface area contributed by atoms with Gasteiger partial charge >= 0.3 is 5.97 Å². The summed E-state index contributed by atoms with van der Waals surface area (Å²) in [6.07, 6.45) is 3.10. The molecule has 0 aliphatic rings. The van der Waals surface area contributed by atoms with Crippen LogP contribution in [0.5, 0.6) is 0 Å². The highest BCUT2D eigenvalue weighted by Gasteiger charge is 2.14. The molecule has 7 nitrogen and oxygen atoms in total. The Morgan fingerprint density at radius 3 is 2.56 bits per heavy atom. The molecule has 126 valence electrons. The molecule has 0 unspecified atom stereocenters. The molecule has 1 N–H and O–H groups in total. The second kappa shape index (κ2) is 7.39. The smallest absolute Gasteiger partial charge is 0.339 e. The quantitative estimate of drug-likeness (QED) is 0.723. The minimum absolute atomic E-state index is 0.302. The molecule has 1 aromatic heterocycles. The lowest BCUT2D eigenvalue weighted by atomic mass is 10.1. The lowest BCUT2D eigenvalue weighted by Gasteiger charge is -2.10. The Morgan fingerprint density at radius 2 is 1.88 bits per heavy atom. The minimum atomic E-state index is -0.501. The number of benzene rings is 2. The number of hydrogen-bond donors (Lipinski definition) is 1. The molecule has 0 aliphatic heterocycles. The third-order valence-corrected chi connectivity index (χ3v) is 3.61. The van der Waals surface area contributed by atoms with Crippen molar-refractivity contribution in [3.05, 3.63) is 77.9 Å². The summed E-state index contributed by atoms with van der Waals surface area (Å²) in [5.74, 6) is -0.803. The second-order valence-electron chi connectivity index (χ2n) is 5.28. The van der Waals surface area contributed by atoms with Crippen LogP contribution in [0.3, 0.4) is 0 Å². The van der Waals surface area contributed by atoms with Crippen LogP contribution in [0.25, 0.3) is 0 Å². The first-order chi connectivity index (χ1) is 12.2. The van der Waals surface area contributed by atoms with Crippen LogP contribution in [-0.2, 0) is 11.3 Å². The van der Waals surface area contributed by atoms with Gasteiger partial charge in [-0.3, -0.25) is 4.79 Å². The number of esters is 1. The van der Waals surface area contributed by atoms with E-state index in [0.717, 1.165) is 5.56 Å². The van der Waals surface area contributed by atoms with Crippen LogP contribution in [-0.4, -0.2) is 33.8 Å². The first-order valence-corrected chi connectivity index (χ1v) is 7.57. The Kier molecular flexibility index (Phi) is 4.84. The van der Waals surface area contributed by atoms with Crippen LogP contribution < -0.4 is 5.32 Å². The Labute approximate surface area is 144 Å². The summed E-state index contributed by atoms with van der Waals surface area (Å²) in [5.41, 5.74) is 2.20. The summed E-state index contributed by atoms with van der Waals surface area (Å²) < 4.78 is 6.42. The van der Waals surface area contributed by atoms with Crippen molar-refractivity contribution in [2.45, 2.75) is 6.54 Å². The van der Waals surface area contributed by atoms with Crippen LogP contribution in [0.2, 0.25) is 0 Å². The van der Waals surface area contributed by atoms with E-state index in [2.05, 4.69) is 15.4 Å². The first kappa shape index (κ1) is 16.4. The molecular weight excluding hydrogens is 320 g/mol. The number of nitrogens with one attached hydrogen (secondary N) is 1. The van der Waals surface area contributed by atoms with Crippen molar-refractivity contribution in [2.24, 2.45) is 0 Å². The van der Waals surface area contributed by atoms with Gasteiger partial charge in [-0.05, 0) is 29.8 Å². The van der Waals surface area contributed by atoms with Gasteiger partial charge in [0.15, 0.2) is 0 Å². The van der Waals surface area contributed by atoms with Gasteiger partial charge < -0.3 is 10.1 Å². The maximum Gasteiger partial charge on any atom is 0.339 e. The third-order valence-electron chi connectivity index (χ3n) is 3.61. The molecule has 7 heteroatoms. The van der Waals surface area contributed by atoms with Crippen LogP contribution in [0.1, 0.15) is 26.3 Å². The van der Waals surface area contributed by atoms with E-state index < -0.39 is 5.97 Å². The van der Waals surface area contributed by atoms with E-state index in [0.29, 0.717) is 23.4 Å². The Morgan fingerprint density at radius 1 is 1.12 bits per heavy atom. The summed E-state index contributed by atoms with van der Waals surface area (Å²) in [5, 5.41) is 6.78. The fourth-order valence-electron chi connectivity index (χ4n) is 2.34. The number of amides is 1. The first-order valence-electron chi connectivity index (χ1n) is 7.57. The van der Waals surface area contributed by atoms with Gasteiger partial charge in [0.1, 0.15) is 12.7 Å². The summed E-state index contributed by atoms with van der Waals surface area (Å²) >= 11 is 0. The standard InChI is InChI=1S/C18H16N4O3/c1-25-18(24)15-4-2-3-5-16(15)21-17(23)14-8-6-13(7-9-14)10-22-12-19-11-20-22/h2-9,11-12H,10H2,1H3,(H,21,23). The summed E-state index contributed by atoms with van der Waals surface area (Å²) in [4.78, 5) is 28.1. The van der Waals surface area contributed by atoms with Crippen LogP contribution in [0.4, 0.5) is 5.69 Å². The fraction of sp³-hybridized carbons (Fsp3) is 0.111. The van der Waals surface area contributed by atoms with E-state index >= 15 is 0 Å². The molecule has 25 heavy (non-hydrogen) atoms. The Balaban J connectivity index is 1.72. The lowest BCUT2D eigenvalue weighted by Crippen LogP contribution is -2.15. The minimum Gasteiger partial charge on any atom is -0.465 e. The zero-order chi connectivity index (χ0) is 17.6. The summed E-state index contributed by atoms with van der Waals surface area (Å²) in [6.45, 7) is 0.576. The van der Waals surface area contributed by atoms with E-state index in [1.807, 2.05) is 12.1 Å². The Bertz CT molecular complexity index is 874. The summed E-state index contributed by atoms with van der Waals surface area (Å²) in [7, 11) is 1.30. The van der Waals surface area contributed by atoms with Gasteiger partial charge in [0.25, 0.3) is 5.91 Å². The molecular formula is C18H16N4O3. The predicted molar refractivity (Wildman–Crippen MR) is 91.3 cm³/mol. The largest absolute Gasteiger partial charge is 0.465 e. The van der Waals surface area contributed by atoms with Gasteiger partial charge in [0.2, 0.25) is 0 Å². The van der Waals surface area contributed by atoms with E-state index in [4.69, 9.17) is 4.74 Å². The van der Waals surface area contributed by atoms with Gasteiger partial charge in [-0.1, -0.05) is 24.3 Å². The van der Waals surface area contributed by atoms with Crippen molar-refractivity contribution in [2.75, 3.05) is 12.4 Å². The molecule has 0 fully saturated rings. The summed E-state index contributed by atoms with van der Waals surface area (Å²) in [6, 6.07) is 13.9. The third kappa shape index (κ3) is 3.89. The maximum absolute atomic E-state index is 12.4. The van der Waals surface area contributed by atoms with Crippen molar-refractivity contribution in [1.82, 2.24) is 14.8 Å². The predicted octanol–water partition coefficient (Wildman–Crippen LogP) is 2.37. The second-order valence-corrected chi connectivity index (χ2v) is 5.28. The lowest BCUT2D eigenvalue weighted by molar-refractivity contribution is 0.0602. The van der Waals surface area contributed by atoms with Gasteiger partial charge in [-0.25, -0.2) is 14.5 Å². The number of para-hydroxylation sites is 1. The van der Waals surface area contributed by atoms with Crippen LogP contribution in [0.15, 0.2) is 61.2 Å². The van der Waals surface area contributed by atoms with E-state index in [-0.39, 0.29) is 5.91 Å². The molecule has 0 aliphatic carbocycles. The van der Waals surface area contributed by atoms with Crippen LogP contribution in [0, 0.1) is 0 Å². The normalized spacial score (nSPS) is 10.3. The van der Waals surface area contributed by atoms with Gasteiger partial charge in [-0.15, -0.1) is 0 Å². The molecule has 2 aromatic carbocycles. The van der Waals surface area contributed by atoms with E-state index in [1.165, 1.54) is 13.4 Å². The number of methoxy groups -OCH3 is 1. The molecule has 1 amide bonds. The van der Waals surface area contributed by atoms with E-state index in [1.54, 1.807) is 47.4 Å². The highest BCUT2D eigenvalue weighted by Crippen LogP contribution is 2.17. The van der Waals surface area contributed by atoms with Gasteiger partial charge in [0, 0.05) is 5.56 Å². The SMILES string of the molecule is COC(=O)c1ccccc1NC(=O)c1ccc(Cn2cncn2)cc1. The number of carbonyl (C=O) groups is 2. The van der Waals surface area contributed by atoms with Crippen molar-refractivity contribution < 1.29 is 14.3 Å². The zero-order valence-corrected chi connectivity index (χ0v) is 13.5. The van der Waals surface area contributed by atoms with E-state index in [9.17, 15) is 9.59 Å². The molecule has 0 saturated carbocycles. The van der Waals surface area contributed by atoms with Crippen LogP contribution >= 0.6 is 0 Å². The number of aromatic nitrogens is 3. The van der Waals surface area contributed by atoms with Crippen molar-refractivity contribution in [3.8, 4) is 0 Å². The van der Waals surface area contributed by atoms with Crippen molar-refractivity contribution in [3.63, 3.8) is 0 Å². The highest BCUT2D eigenvalue weighted by molar-refractivity contribution is 6.07. The maximum atomic E-state index is 12.4. The molecule has 0 atom stereocenters. The van der Waals surface area contributed by atoms with Crippen molar-refractivity contribution >= 4 is 17.6 Å². The average Bonchev–Trinajstić information content (AvgIpc) is 3.15. The molecule has 0 saturated heterocycles. The van der Waals surface area contributed by atoms with Gasteiger partial charge in [0.05, 0.1) is 24.9 Å². The number of ether oxygens (including phenoxy) is 1. The highest BCUT2D eigenvalue weighted by atomic mass is 16.5. The Hall–Kier alpha value is -3.48. The monoisotopic (exact) mass is 336 g/mol. The molecule has 1 heterocycles. The number of nitrogens with zero attached hydrogens (tertiary/aromatic N) is 3. The molecule has 0 spiro atoms. The number of hydrogen-bond acceptors (Lipinski definition) is 5. The zero-order valence-electron chi connectivity index (χ0n) is 13.5. The van der Waals surface area contributed by atoms with Gasteiger partial charge in [-0.2, -0.15) is 5.10 Å². The topological polar surface area (TPSA) is 86.1 Å². The van der Waals surface area contributed by atoms with Crippen molar-refractivity contribution in [1.29, 1.82) is 0 Å². The average molecular weight is 336 g/mol. The number of rotatable bonds is 5. The molecule has 3 rings (SSSR count). The number of carbonyl (C=O) groups excluding carboxylic acids is 2. The molecule has 0 radical (unpaired) electrons. The molecule has 3 aromatic rings.